The molecule has 0 saturated heterocycles. The summed E-state index contributed by atoms with van der Waals surface area (Å²) in [7, 11) is 0. The summed E-state index contributed by atoms with van der Waals surface area (Å²) in [5.41, 5.74) is 9.35. The van der Waals surface area contributed by atoms with Crippen molar-refractivity contribution in [3.63, 3.8) is 0 Å². The Morgan fingerprint density at radius 2 is 2.11 bits per heavy atom. The molecule has 0 bridgehead atoms. The Bertz CT molecular complexity index is 691. The van der Waals surface area contributed by atoms with Crippen molar-refractivity contribution in [1.29, 1.82) is 0 Å². The lowest BCUT2D eigenvalue weighted by Gasteiger charge is -2.01. The van der Waals surface area contributed by atoms with Crippen molar-refractivity contribution in [2.45, 2.75) is 6.54 Å². The molecule has 0 aliphatic rings. The first kappa shape index (κ1) is 11.4. The summed E-state index contributed by atoms with van der Waals surface area (Å²) < 4.78 is 2.94. The normalized spacial score (nSPS) is 11.0. The molecule has 2 N–H and O–H groups in total. The molecule has 4 nitrogen and oxygen atoms in total. The van der Waals surface area contributed by atoms with Gasteiger partial charge < -0.3 is 10.1 Å². The average Bonchev–Trinajstić information content (AvgIpc) is 2.80. The lowest BCUT2D eigenvalue weighted by atomic mass is 10.2. The molecular weight excluding hydrogens is 292 g/mol. The molecule has 90 valence electrons. The summed E-state index contributed by atoms with van der Waals surface area (Å²) in [6.45, 7) is 0.420. The van der Waals surface area contributed by atoms with Crippen molar-refractivity contribution in [3.8, 4) is 11.4 Å². The van der Waals surface area contributed by atoms with E-state index in [4.69, 9.17) is 5.73 Å². The summed E-state index contributed by atoms with van der Waals surface area (Å²) in [4.78, 5) is 8.96. The molecule has 0 fully saturated rings. The molecule has 3 aromatic heterocycles. The van der Waals surface area contributed by atoms with E-state index in [1.807, 2.05) is 40.9 Å². The van der Waals surface area contributed by atoms with Crippen LogP contribution in [0, 0.1) is 0 Å². The van der Waals surface area contributed by atoms with Crippen molar-refractivity contribution in [3.05, 3.63) is 52.9 Å². The van der Waals surface area contributed by atoms with Crippen LogP contribution < -0.4 is 5.73 Å². The number of hydrogen-bond donors (Lipinski definition) is 1. The van der Waals surface area contributed by atoms with Crippen molar-refractivity contribution in [2.24, 2.45) is 5.73 Å². The van der Waals surface area contributed by atoms with Crippen LogP contribution >= 0.6 is 15.9 Å². The van der Waals surface area contributed by atoms with E-state index in [0.29, 0.717) is 6.54 Å². The maximum atomic E-state index is 5.84. The van der Waals surface area contributed by atoms with Gasteiger partial charge >= 0.3 is 0 Å². The smallest absolute Gasteiger partial charge is 0.152 e. The van der Waals surface area contributed by atoms with Gasteiger partial charge in [0.1, 0.15) is 5.69 Å². The third kappa shape index (κ3) is 1.72. The van der Waals surface area contributed by atoms with E-state index in [2.05, 4.69) is 25.9 Å². The molecule has 18 heavy (non-hydrogen) atoms. The fourth-order valence-corrected chi connectivity index (χ4v) is 2.42. The summed E-state index contributed by atoms with van der Waals surface area (Å²) >= 11 is 3.50. The van der Waals surface area contributed by atoms with Gasteiger partial charge in [-0.3, -0.25) is 4.98 Å². The number of rotatable bonds is 2. The number of imidazole rings is 1. The minimum atomic E-state index is 0.420. The predicted octanol–water partition coefficient (Wildman–Crippen LogP) is 2.62. The Hall–Kier alpha value is -1.72. The van der Waals surface area contributed by atoms with Crippen LogP contribution in [0.15, 0.2) is 47.2 Å². The number of halogens is 1. The monoisotopic (exact) mass is 302 g/mol. The second-order valence-electron chi connectivity index (χ2n) is 3.88. The number of fused-ring (bicyclic) bond motifs is 1. The number of nitrogens with zero attached hydrogens (tertiary/aromatic N) is 3. The molecule has 5 heteroatoms. The molecule has 0 spiro atoms. The summed E-state index contributed by atoms with van der Waals surface area (Å²) in [6.07, 6.45) is 3.72. The lowest BCUT2D eigenvalue weighted by Crippen LogP contribution is -2.02. The van der Waals surface area contributed by atoms with Crippen LogP contribution in [0.4, 0.5) is 0 Å². The van der Waals surface area contributed by atoms with Gasteiger partial charge in [-0.25, -0.2) is 4.98 Å². The zero-order valence-electron chi connectivity index (χ0n) is 9.55. The van der Waals surface area contributed by atoms with Gasteiger partial charge in [0.25, 0.3) is 0 Å². The van der Waals surface area contributed by atoms with Crippen LogP contribution in [0.1, 0.15) is 5.69 Å². The lowest BCUT2D eigenvalue weighted by molar-refractivity contribution is 0.959. The molecular formula is C13H11BrN4. The van der Waals surface area contributed by atoms with Gasteiger partial charge in [0.05, 0.1) is 15.9 Å². The van der Waals surface area contributed by atoms with Crippen LogP contribution in [0.2, 0.25) is 0 Å². The Morgan fingerprint density at radius 1 is 1.22 bits per heavy atom. The van der Waals surface area contributed by atoms with Crippen molar-refractivity contribution in [2.75, 3.05) is 0 Å². The molecule has 0 aromatic carbocycles. The second kappa shape index (κ2) is 4.51. The van der Waals surface area contributed by atoms with E-state index in [1.54, 1.807) is 6.20 Å². The minimum Gasteiger partial charge on any atom is -0.325 e. The molecule has 0 radical (unpaired) electrons. The van der Waals surface area contributed by atoms with Gasteiger partial charge in [-0.1, -0.05) is 6.07 Å². The topological polar surface area (TPSA) is 56.2 Å². The Labute approximate surface area is 113 Å². The third-order valence-electron chi connectivity index (χ3n) is 2.80. The highest BCUT2D eigenvalue weighted by atomic mass is 79.9. The molecule has 3 heterocycles. The van der Waals surface area contributed by atoms with Crippen molar-refractivity contribution < 1.29 is 0 Å². The Kier molecular flexibility index (Phi) is 2.85. The van der Waals surface area contributed by atoms with E-state index >= 15 is 0 Å². The van der Waals surface area contributed by atoms with Crippen LogP contribution in [-0.2, 0) is 6.54 Å². The largest absolute Gasteiger partial charge is 0.325 e. The van der Waals surface area contributed by atoms with Crippen LogP contribution in [0.25, 0.3) is 17.0 Å². The number of nitrogens with two attached hydrogens (primary N) is 1. The van der Waals surface area contributed by atoms with Gasteiger partial charge in [-0.2, -0.15) is 0 Å². The quantitative estimate of drug-likeness (QED) is 0.792. The zero-order chi connectivity index (χ0) is 12.5. The highest BCUT2D eigenvalue weighted by Gasteiger charge is 2.14. The molecule has 0 amide bonds. The fourth-order valence-electron chi connectivity index (χ4n) is 1.99. The highest BCUT2D eigenvalue weighted by Crippen LogP contribution is 2.26. The van der Waals surface area contributed by atoms with E-state index in [9.17, 15) is 0 Å². The van der Waals surface area contributed by atoms with Crippen molar-refractivity contribution >= 4 is 21.6 Å². The molecule has 3 rings (SSSR count). The zero-order valence-corrected chi connectivity index (χ0v) is 11.1. The van der Waals surface area contributed by atoms with Gasteiger partial charge in [-0.15, -0.1) is 0 Å². The first-order valence-corrected chi connectivity index (χ1v) is 6.37. The molecule has 3 aromatic rings. The SMILES string of the molecule is NCc1c(-c2ccccn2)nc2c(Br)cccn12. The summed E-state index contributed by atoms with van der Waals surface area (Å²) in [6, 6.07) is 9.69. The van der Waals surface area contributed by atoms with Crippen LogP contribution in [-0.4, -0.2) is 14.4 Å². The molecule has 0 aliphatic carbocycles. The molecule has 0 aliphatic heterocycles. The third-order valence-corrected chi connectivity index (χ3v) is 3.42. The molecule has 0 unspecified atom stereocenters. The summed E-state index contributed by atoms with van der Waals surface area (Å²) in [5, 5.41) is 0. The van der Waals surface area contributed by atoms with Gasteiger partial charge in [0.15, 0.2) is 5.65 Å². The Morgan fingerprint density at radius 3 is 2.83 bits per heavy atom. The Balaban J connectivity index is 2.33. The first-order chi connectivity index (χ1) is 8.81. The number of pyridine rings is 2. The molecule has 0 atom stereocenters. The van der Waals surface area contributed by atoms with E-state index < -0.39 is 0 Å². The van der Waals surface area contributed by atoms with Crippen LogP contribution in [0.5, 0.6) is 0 Å². The highest BCUT2D eigenvalue weighted by molar-refractivity contribution is 9.10. The maximum absolute atomic E-state index is 5.84. The van der Waals surface area contributed by atoms with Gasteiger partial charge in [-0.05, 0) is 40.2 Å². The summed E-state index contributed by atoms with van der Waals surface area (Å²) in [5.74, 6) is 0. The molecule has 0 saturated carbocycles. The fraction of sp³-hybridized carbons (Fsp3) is 0.0769. The van der Waals surface area contributed by atoms with E-state index in [1.165, 1.54) is 0 Å². The standard InChI is InChI=1S/C13H11BrN4/c14-9-4-3-7-18-11(8-15)12(17-13(9)18)10-5-1-2-6-16-10/h1-7H,8,15H2. The average molecular weight is 303 g/mol. The van der Waals surface area contributed by atoms with Crippen LogP contribution in [0.3, 0.4) is 0 Å². The number of aromatic nitrogens is 3. The second-order valence-corrected chi connectivity index (χ2v) is 4.73. The first-order valence-electron chi connectivity index (χ1n) is 5.58. The van der Waals surface area contributed by atoms with Gasteiger partial charge in [0, 0.05) is 18.9 Å². The van der Waals surface area contributed by atoms with E-state index in [-0.39, 0.29) is 0 Å². The van der Waals surface area contributed by atoms with Gasteiger partial charge in [0.2, 0.25) is 0 Å². The minimum absolute atomic E-state index is 0.420. The van der Waals surface area contributed by atoms with E-state index in [0.717, 1.165) is 27.2 Å². The maximum Gasteiger partial charge on any atom is 0.152 e. The number of hydrogen-bond acceptors (Lipinski definition) is 3. The predicted molar refractivity (Wildman–Crippen MR) is 74.0 cm³/mol. The van der Waals surface area contributed by atoms with Crippen molar-refractivity contribution in [1.82, 2.24) is 14.4 Å².